The second-order valence-corrected chi connectivity index (χ2v) is 5.37. The van der Waals surface area contributed by atoms with Crippen molar-refractivity contribution in [3.63, 3.8) is 0 Å². The summed E-state index contributed by atoms with van der Waals surface area (Å²) >= 11 is 0. The van der Waals surface area contributed by atoms with E-state index in [0.29, 0.717) is 12.0 Å². The quantitative estimate of drug-likeness (QED) is 0.757. The third-order valence-corrected chi connectivity index (χ3v) is 3.75. The largest absolute Gasteiger partial charge is 0.381 e. The molecule has 0 aromatic rings. The molecule has 3 heteroatoms. The second kappa shape index (κ2) is 6.58. The molecule has 1 N–H and O–H groups in total. The highest BCUT2D eigenvalue weighted by Crippen LogP contribution is 2.24. The summed E-state index contributed by atoms with van der Waals surface area (Å²) in [5.74, 6) is 0.673. The summed E-state index contributed by atoms with van der Waals surface area (Å²) in [6.07, 6.45) is 4.74. The third-order valence-electron chi connectivity index (χ3n) is 3.75. The minimum absolute atomic E-state index is 0.00930. The molecule has 1 aliphatic heterocycles. The minimum Gasteiger partial charge on any atom is -0.381 e. The van der Waals surface area contributed by atoms with Crippen molar-refractivity contribution in [1.82, 2.24) is 5.32 Å². The van der Waals surface area contributed by atoms with E-state index in [-0.39, 0.29) is 5.60 Å². The van der Waals surface area contributed by atoms with Gasteiger partial charge in [0.05, 0.1) is 12.2 Å². The zero-order valence-corrected chi connectivity index (χ0v) is 11.2. The first-order valence-corrected chi connectivity index (χ1v) is 6.39. The molecule has 0 spiro atoms. The fourth-order valence-corrected chi connectivity index (χ4v) is 2.30. The Bertz CT molecular complexity index is 188. The summed E-state index contributed by atoms with van der Waals surface area (Å²) in [6.45, 7) is 6.16. The van der Waals surface area contributed by atoms with Crippen molar-refractivity contribution in [2.45, 2.75) is 51.2 Å². The molecule has 2 atom stereocenters. The number of ether oxygens (including phenoxy) is 2. The predicted molar refractivity (Wildman–Crippen MR) is 66.7 cm³/mol. The summed E-state index contributed by atoms with van der Waals surface area (Å²) < 4.78 is 11.0. The summed E-state index contributed by atoms with van der Waals surface area (Å²) in [5.41, 5.74) is -0.00930. The van der Waals surface area contributed by atoms with Crippen molar-refractivity contribution in [1.29, 1.82) is 0 Å². The zero-order chi connectivity index (χ0) is 12.0. The predicted octanol–water partition coefficient (Wildman–Crippen LogP) is 2.21. The molecule has 1 fully saturated rings. The van der Waals surface area contributed by atoms with Gasteiger partial charge in [-0.15, -0.1) is 0 Å². The van der Waals surface area contributed by atoms with Gasteiger partial charge in [-0.2, -0.15) is 0 Å². The molecular weight excluding hydrogens is 202 g/mol. The van der Waals surface area contributed by atoms with Gasteiger partial charge >= 0.3 is 0 Å². The van der Waals surface area contributed by atoms with Crippen LogP contribution in [-0.2, 0) is 9.47 Å². The molecule has 0 saturated carbocycles. The SMILES string of the molecule is CNC(CCC(C)(C)OC)C1CCCOC1. The van der Waals surface area contributed by atoms with Gasteiger partial charge in [-0.25, -0.2) is 0 Å². The van der Waals surface area contributed by atoms with Gasteiger partial charge in [0.1, 0.15) is 0 Å². The molecule has 1 aliphatic rings. The highest BCUT2D eigenvalue weighted by atomic mass is 16.5. The van der Waals surface area contributed by atoms with Crippen molar-refractivity contribution >= 4 is 0 Å². The molecule has 0 amide bonds. The van der Waals surface area contributed by atoms with E-state index in [1.807, 2.05) is 0 Å². The van der Waals surface area contributed by atoms with Crippen LogP contribution in [0.4, 0.5) is 0 Å². The number of nitrogens with one attached hydrogen (secondary N) is 1. The van der Waals surface area contributed by atoms with Crippen molar-refractivity contribution in [2.24, 2.45) is 5.92 Å². The lowest BCUT2D eigenvalue weighted by Gasteiger charge is -2.32. The maximum Gasteiger partial charge on any atom is 0.0623 e. The van der Waals surface area contributed by atoms with Crippen LogP contribution in [-0.4, -0.2) is 39.0 Å². The first kappa shape index (κ1) is 13.9. The van der Waals surface area contributed by atoms with Gasteiger partial charge in [0.25, 0.3) is 0 Å². The van der Waals surface area contributed by atoms with Crippen LogP contribution in [0.15, 0.2) is 0 Å². The highest BCUT2D eigenvalue weighted by molar-refractivity contribution is 4.80. The average Bonchev–Trinajstić information content (AvgIpc) is 2.31. The van der Waals surface area contributed by atoms with Crippen LogP contribution in [0.2, 0.25) is 0 Å². The molecule has 96 valence electrons. The Hall–Kier alpha value is -0.120. The van der Waals surface area contributed by atoms with Crippen LogP contribution in [0, 0.1) is 5.92 Å². The lowest BCUT2D eigenvalue weighted by atomic mass is 9.88. The topological polar surface area (TPSA) is 30.5 Å². The van der Waals surface area contributed by atoms with E-state index in [4.69, 9.17) is 9.47 Å². The van der Waals surface area contributed by atoms with E-state index in [1.54, 1.807) is 7.11 Å². The van der Waals surface area contributed by atoms with Gasteiger partial charge < -0.3 is 14.8 Å². The normalized spacial score (nSPS) is 24.4. The Labute approximate surface area is 99.9 Å². The molecule has 16 heavy (non-hydrogen) atoms. The third kappa shape index (κ3) is 4.40. The number of hydrogen-bond acceptors (Lipinski definition) is 3. The minimum atomic E-state index is -0.00930. The van der Waals surface area contributed by atoms with Gasteiger partial charge in [0, 0.05) is 19.8 Å². The van der Waals surface area contributed by atoms with Crippen LogP contribution in [0.25, 0.3) is 0 Å². The first-order chi connectivity index (χ1) is 7.59. The Morgan fingerprint density at radius 1 is 1.50 bits per heavy atom. The van der Waals surface area contributed by atoms with Gasteiger partial charge in [0.2, 0.25) is 0 Å². The Balaban J connectivity index is 2.36. The molecule has 1 saturated heterocycles. The van der Waals surface area contributed by atoms with E-state index in [2.05, 4.69) is 26.2 Å². The van der Waals surface area contributed by atoms with Crippen molar-refractivity contribution in [2.75, 3.05) is 27.4 Å². The van der Waals surface area contributed by atoms with Crippen LogP contribution >= 0.6 is 0 Å². The number of hydrogen-bond donors (Lipinski definition) is 1. The lowest BCUT2D eigenvalue weighted by Crippen LogP contribution is -2.39. The first-order valence-electron chi connectivity index (χ1n) is 6.39. The second-order valence-electron chi connectivity index (χ2n) is 5.37. The monoisotopic (exact) mass is 229 g/mol. The standard InChI is InChI=1S/C13H27NO2/c1-13(2,15-4)8-7-12(14-3)11-6-5-9-16-10-11/h11-12,14H,5-10H2,1-4H3. The van der Waals surface area contributed by atoms with E-state index < -0.39 is 0 Å². The molecule has 0 bridgehead atoms. The van der Waals surface area contributed by atoms with Gasteiger partial charge in [-0.3, -0.25) is 0 Å². The summed E-state index contributed by atoms with van der Waals surface area (Å²) in [5, 5.41) is 3.43. The van der Waals surface area contributed by atoms with Crippen LogP contribution in [0.1, 0.15) is 39.5 Å². The van der Waals surface area contributed by atoms with Gasteiger partial charge in [-0.05, 0) is 52.5 Å². The van der Waals surface area contributed by atoms with Crippen LogP contribution in [0.3, 0.4) is 0 Å². The van der Waals surface area contributed by atoms with E-state index in [9.17, 15) is 0 Å². The smallest absolute Gasteiger partial charge is 0.0623 e. The van der Waals surface area contributed by atoms with Crippen molar-refractivity contribution in [3.05, 3.63) is 0 Å². The van der Waals surface area contributed by atoms with Gasteiger partial charge in [-0.1, -0.05) is 0 Å². The summed E-state index contributed by atoms with van der Waals surface area (Å²) in [7, 11) is 3.84. The fourth-order valence-electron chi connectivity index (χ4n) is 2.30. The summed E-state index contributed by atoms with van der Waals surface area (Å²) in [6, 6.07) is 0.565. The van der Waals surface area contributed by atoms with Crippen LogP contribution < -0.4 is 5.32 Å². The zero-order valence-electron chi connectivity index (χ0n) is 11.2. The molecule has 2 unspecified atom stereocenters. The van der Waals surface area contributed by atoms with Crippen molar-refractivity contribution < 1.29 is 9.47 Å². The highest BCUT2D eigenvalue weighted by Gasteiger charge is 2.25. The molecular formula is C13H27NO2. The molecule has 0 radical (unpaired) electrons. The van der Waals surface area contributed by atoms with E-state index in [1.165, 1.54) is 12.8 Å². The molecule has 3 nitrogen and oxygen atoms in total. The Morgan fingerprint density at radius 2 is 2.25 bits per heavy atom. The molecule has 0 aromatic heterocycles. The Morgan fingerprint density at radius 3 is 2.75 bits per heavy atom. The van der Waals surface area contributed by atoms with Crippen molar-refractivity contribution in [3.8, 4) is 0 Å². The average molecular weight is 229 g/mol. The van der Waals surface area contributed by atoms with Crippen LogP contribution in [0.5, 0.6) is 0 Å². The lowest BCUT2D eigenvalue weighted by molar-refractivity contribution is 0.00230. The van der Waals surface area contributed by atoms with E-state index >= 15 is 0 Å². The number of rotatable bonds is 6. The van der Waals surface area contributed by atoms with Gasteiger partial charge in [0.15, 0.2) is 0 Å². The number of methoxy groups -OCH3 is 1. The molecule has 1 heterocycles. The van der Waals surface area contributed by atoms with E-state index in [0.717, 1.165) is 26.1 Å². The summed E-state index contributed by atoms with van der Waals surface area (Å²) in [4.78, 5) is 0. The molecule has 0 aromatic carbocycles. The molecule has 0 aliphatic carbocycles. The maximum atomic E-state index is 5.55. The fraction of sp³-hybridized carbons (Fsp3) is 1.00. The maximum absolute atomic E-state index is 5.55. The Kier molecular flexibility index (Phi) is 5.73. The molecule has 1 rings (SSSR count).